The molecule has 16 heavy (non-hydrogen) atoms. The van der Waals surface area contributed by atoms with Gasteiger partial charge in [0.25, 0.3) is 0 Å². The summed E-state index contributed by atoms with van der Waals surface area (Å²) < 4.78 is 0. The number of phenols is 1. The number of anilines is 1. The van der Waals surface area contributed by atoms with Crippen molar-refractivity contribution in [2.75, 3.05) is 11.9 Å². The van der Waals surface area contributed by atoms with E-state index in [1.807, 2.05) is 12.1 Å². The van der Waals surface area contributed by atoms with Gasteiger partial charge in [-0.15, -0.1) is 0 Å². The fraction of sp³-hybridized carbons (Fsp3) is 0.538. The lowest BCUT2D eigenvalue weighted by Crippen LogP contribution is -2.49. The predicted molar refractivity (Wildman–Crippen MR) is 67.0 cm³/mol. The molecule has 1 aromatic rings. The number of hydrogen-bond acceptors (Lipinski definition) is 3. The first-order valence-corrected chi connectivity index (χ1v) is 5.78. The second kappa shape index (κ2) is 3.98. The molecule has 1 aliphatic rings. The summed E-state index contributed by atoms with van der Waals surface area (Å²) in [5.41, 5.74) is 2.19. The van der Waals surface area contributed by atoms with Crippen molar-refractivity contribution < 1.29 is 5.11 Å². The topological polar surface area (TPSA) is 44.3 Å². The molecule has 88 valence electrons. The highest BCUT2D eigenvalue weighted by molar-refractivity contribution is 5.59. The highest BCUT2D eigenvalue weighted by Crippen LogP contribution is 2.29. The zero-order valence-electron chi connectivity index (χ0n) is 10.2. The standard InChI is InChI=1S/C13H20N2O/c1-13(2,3)15-9-7-10-11(14-8-9)5-4-6-12(10)16/h4-6,9,14-16H,7-8H2,1-3H3. The van der Waals surface area contributed by atoms with Crippen molar-refractivity contribution in [3.05, 3.63) is 23.8 Å². The molecule has 0 radical (unpaired) electrons. The molecule has 0 saturated heterocycles. The Balaban J connectivity index is 2.14. The van der Waals surface area contributed by atoms with Gasteiger partial charge in [-0.05, 0) is 39.3 Å². The number of fused-ring (bicyclic) bond motifs is 1. The second-order valence-corrected chi connectivity index (χ2v) is 5.48. The Morgan fingerprint density at radius 3 is 2.81 bits per heavy atom. The van der Waals surface area contributed by atoms with Crippen LogP contribution >= 0.6 is 0 Å². The van der Waals surface area contributed by atoms with E-state index >= 15 is 0 Å². The molecule has 0 spiro atoms. The van der Waals surface area contributed by atoms with Crippen LogP contribution in [0.25, 0.3) is 0 Å². The third kappa shape index (κ3) is 2.47. The summed E-state index contributed by atoms with van der Waals surface area (Å²) in [6, 6.07) is 6.02. The quantitative estimate of drug-likeness (QED) is 0.679. The third-order valence-corrected chi connectivity index (χ3v) is 2.78. The first-order valence-electron chi connectivity index (χ1n) is 5.78. The summed E-state index contributed by atoms with van der Waals surface area (Å²) in [7, 11) is 0. The first kappa shape index (κ1) is 11.3. The Bertz CT molecular complexity index is 382. The molecule has 1 heterocycles. The second-order valence-electron chi connectivity index (χ2n) is 5.48. The van der Waals surface area contributed by atoms with Crippen molar-refractivity contribution in [2.24, 2.45) is 0 Å². The number of benzene rings is 1. The molecule has 1 aliphatic heterocycles. The van der Waals surface area contributed by atoms with Crippen LogP contribution in [-0.2, 0) is 6.42 Å². The van der Waals surface area contributed by atoms with Gasteiger partial charge in [-0.25, -0.2) is 0 Å². The molecule has 1 atom stereocenters. The summed E-state index contributed by atoms with van der Waals surface area (Å²) in [5.74, 6) is 0.394. The highest BCUT2D eigenvalue weighted by atomic mass is 16.3. The Morgan fingerprint density at radius 1 is 1.38 bits per heavy atom. The highest BCUT2D eigenvalue weighted by Gasteiger charge is 2.23. The van der Waals surface area contributed by atoms with Crippen LogP contribution in [0.1, 0.15) is 26.3 Å². The molecule has 0 bridgehead atoms. The maximum absolute atomic E-state index is 9.80. The number of nitrogens with one attached hydrogen (secondary N) is 2. The zero-order chi connectivity index (χ0) is 11.8. The zero-order valence-corrected chi connectivity index (χ0v) is 10.2. The minimum atomic E-state index is 0.105. The van der Waals surface area contributed by atoms with E-state index in [1.54, 1.807) is 6.07 Å². The summed E-state index contributed by atoms with van der Waals surface area (Å²) >= 11 is 0. The lowest BCUT2D eigenvalue weighted by molar-refractivity contribution is 0.356. The Morgan fingerprint density at radius 2 is 2.12 bits per heavy atom. The maximum Gasteiger partial charge on any atom is 0.120 e. The first-order chi connectivity index (χ1) is 7.46. The lowest BCUT2D eigenvalue weighted by atomic mass is 9.96. The van der Waals surface area contributed by atoms with Crippen LogP contribution < -0.4 is 10.6 Å². The Hall–Kier alpha value is -1.22. The van der Waals surface area contributed by atoms with Gasteiger partial charge in [0.1, 0.15) is 5.75 Å². The third-order valence-electron chi connectivity index (χ3n) is 2.78. The summed E-state index contributed by atoms with van der Waals surface area (Å²) in [5, 5.41) is 16.7. The van der Waals surface area contributed by atoms with Gasteiger partial charge in [-0.1, -0.05) is 6.07 Å². The van der Waals surface area contributed by atoms with E-state index in [0.29, 0.717) is 11.8 Å². The summed E-state index contributed by atoms with van der Waals surface area (Å²) in [6.07, 6.45) is 0.881. The number of phenolic OH excluding ortho intramolecular Hbond substituents is 1. The van der Waals surface area contributed by atoms with Crippen LogP contribution in [0, 0.1) is 0 Å². The van der Waals surface area contributed by atoms with Gasteiger partial charge in [0.2, 0.25) is 0 Å². The van der Waals surface area contributed by atoms with Crippen molar-refractivity contribution in [2.45, 2.75) is 38.8 Å². The van der Waals surface area contributed by atoms with E-state index in [2.05, 4.69) is 31.4 Å². The number of aromatic hydroxyl groups is 1. The van der Waals surface area contributed by atoms with Crippen molar-refractivity contribution in [3.8, 4) is 5.75 Å². The summed E-state index contributed by atoms with van der Waals surface area (Å²) in [4.78, 5) is 0. The molecule has 3 heteroatoms. The smallest absolute Gasteiger partial charge is 0.120 e. The molecule has 2 rings (SSSR count). The van der Waals surface area contributed by atoms with E-state index in [-0.39, 0.29) is 5.54 Å². The normalized spacial score (nSPS) is 20.1. The van der Waals surface area contributed by atoms with Crippen molar-refractivity contribution in [1.82, 2.24) is 5.32 Å². The SMILES string of the molecule is CC(C)(C)NC1CNc2cccc(O)c2C1. The van der Waals surface area contributed by atoms with E-state index in [4.69, 9.17) is 0 Å². The largest absolute Gasteiger partial charge is 0.508 e. The average Bonchev–Trinajstić information content (AvgIpc) is 2.17. The Labute approximate surface area is 96.9 Å². The molecule has 0 fully saturated rings. The van der Waals surface area contributed by atoms with Gasteiger partial charge in [-0.3, -0.25) is 0 Å². The molecule has 0 amide bonds. The van der Waals surface area contributed by atoms with E-state index in [1.165, 1.54) is 0 Å². The minimum Gasteiger partial charge on any atom is -0.508 e. The van der Waals surface area contributed by atoms with Crippen LogP contribution in [-0.4, -0.2) is 23.2 Å². The minimum absolute atomic E-state index is 0.105. The van der Waals surface area contributed by atoms with Gasteiger partial charge >= 0.3 is 0 Å². The lowest BCUT2D eigenvalue weighted by Gasteiger charge is -2.33. The van der Waals surface area contributed by atoms with E-state index in [9.17, 15) is 5.11 Å². The molecule has 0 aromatic heterocycles. The van der Waals surface area contributed by atoms with Crippen LogP contribution in [0.5, 0.6) is 5.75 Å². The van der Waals surface area contributed by atoms with Crippen LogP contribution in [0.15, 0.2) is 18.2 Å². The fourth-order valence-electron chi connectivity index (χ4n) is 2.22. The maximum atomic E-state index is 9.80. The Kier molecular flexibility index (Phi) is 2.80. The molecular formula is C13H20N2O. The average molecular weight is 220 g/mol. The van der Waals surface area contributed by atoms with Gasteiger partial charge < -0.3 is 15.7 Å². The summed E-state index contributed by atoms with van der Waals surface area (Å²) in [6.45, 7) is 7.39. The molecule has 3 nitrogen and oxygen atoms in total. The molecule has 1 aromatic carbocycles. The van der Waals surface area contributed by atoms with Crippen molar-refractivity contribution >= 4 is 5.69 Å². The number of hydrogen-bond donors (Lipinski definition) is 3. The fourth-order valence-corrected chi connectivity index (χ4v) is 2.22. The molecule has 0 aliphatic carbocycles. The van der Waals surface area contributed by atoms with Crippen molar-refractivity contribution in [3.63, 3.8) is 0 Å². The van der Waals surface area contributed by atoms with Crippen LogP contribution in [0.3, 0.4) is 0 Å². The van der Waals surface area contributed by atoms with Gasteiger partial charge in [0, 0.05) is 29.4 Å². The van der Waals surface area contributed by atoms with E-state index < -0.39 is 0 Å². The number of rotatable bonds is 1. The van der Waals surface area contributed by atoms with Crippen LogP contribution in [0.4, 0.5) is 5.69 Å². The predicted octanol–water partition coefficient (Wildman–Crippen LogP) is 2.12. The molecule has 0 saturated carbocycles. The van der Waals surface area contributed by atoms with Gasteiger partial charge in [0.15, 0.2) is 0 Å². The van der Waals surface area contributed by atoms with Gasteiger partial charge in [0.05, 0.1) is 0 Å². The van der Waals surface area contributed by atoms with E-state index in [0.717, 1.165) is 24.2 Å². The monoisotopic (exact) mass is 220 g/mol. The molecule has 1 unspecified atom stereocenters. The van der Waals surface area contributed by atoms with Crippen LogP contribution in [0.2, 0.25) is 0 Å². The van der Waals surface area contributed by atoms with Gasteiger partial charge in [-0.2, -0.15) is 0 Å². The molecule has 3 N–H and O–H groups in total. The van der Waals surface area contributed by atoms with Crippen molar-refractivity contribution in [1.29, 1.82) is 0 Å². The molecular weight excluding hydrogens is 200 g/mol.